The minimum absolute atomic E-state index is 0.111. The standard InChI is InChI=1S/C10H8F3NO/c1-7(15)2-3-8-6-14-5-4-9(8)10(11,12)13/h2-6H,1H3/b3-2+. The summed E-state index contributed by atoms with van der Waals surface area (Å²) in [6, 6.07) is 0.875. The maximum absolute atomic E-state index is 12.4. The molecule has 0 atom stereocenters. The highest BCUT2D eigenvalue weighted by molar-refractivity contribution is 5.91. The van der Waals surface area contributed by atoms with Gasteiger partial charge in [0.05, 0.1) is 5.56 Å². The van der Waals surface area contributed by atoms with E-state index in [9.17, 15) is 18.0 Å². The molecule has 0 N–H and O–H groups in total. The van der Waals surface area contributed by atoms with Crippen molar-refractivity contribution in [2.75, 3.05) is 0 Å². The van der Waals surface area contributed by atoms with Crippen molar-refractivity contribution in [3.63, 3.8) is 0 Å². The minimum Gasteiger partial charge on any atom is -0.295 e. The van der Waals surface area contributed by atoms with Crippen molar-refractivity contribution in [2.24, 2.45) is 0 Å². The Bertz CT molecular complexity index is 396. The molecule has 0 unspecified atom stereocenters. The molecule has 0 aromatic carbocycles. The Morgan fingerprint density at radius 2 is 2.13 bits per heavy atom. The molecule has 0 fully saturated rings. The fraction of sp³-hybridized carbons (Fsp3) is 0.200. The monoisotopic (exact) mass is 215 g/mol. The predicted octanol–water partition coefficient (Wildman–Crippen LogP) is 2.70. The van der Waals surface area contributed by atoms with E-state index in [1.54, 1.807) is 0 Å². The molecule has 1 rings (SSSR count). The van der Waals surface area contributed by atoms with Gasteiger partial charge in [0.2, 0.25) is 0 Å². The SMILES string of the molecule is CC(=O)/C=C/c1cnccc1C(F)(F)F. The first kappa shape index (κ1) is 11.4. The third-order valence-corrected chi connectivity index (χ3v) is 1.65. The van der Waals surface area contributed by atoms with Crippen LogP contribution in [0.5, 0.6) is 0 Å². The van der Waals surface area contributed by atoms with E-state index in [1.165, 1.54) is 6.92 Å². The van der Waals surface area contributed by atoms with Crippen molar-refractivity contribution in [3.05, 3.63) is 35.7 Å². The molecular weight excluding hydrogens is 207 g/mol. The van der Waals surface area contributed by atoms with Gasteiger partial charge in [0, 0.05) is 18.0 Å². The van der Waals surface area contributed by atoms with E-state index in [4.69, 9.17) is 0 Å². The zero-order valence-electron chi connectivity index (χ0n) is 7.88. The molecular formula is C10H8F3NO. The third kappa shape index (κ3) is 3.19. The molecule has 0 aliphatic heterocycles. The molecule has 1 heterocycles. The number of alkyl halides is 3. The number of allylic oxidation sites excluding steroid dienone is 1. The molecule has 0 radical (unpaired) electrons. The van der Waals surface area contributed by atoms with Gasteiger partial charge in [0.25, 0.3) is 0 Å². The second-order valence-electron chi connectivity index (χ2n) is 2.90. The van der Waals surface area contributed by atoms with Crippen LogP contribution in [-0.2, 0) is 11.0 Å². The summed E-state index contributed by atoms with van der Waals surface area (Å²) in [5.41, 5.74) is -0.907. The molecule has 0 aliphatic rings. The largest absolute Gasteiger partial charge is 0.417 e. The first-order valence-electron chi connectivity index (χ1n) is 4.11. The molecule has 80 valence electrons. The highest BCUT2D eigenvalue weighted by Crippen LogP contribution is 2.31. The van der Waals surface area contributed by atoms with Gasteiger partial charge < -0.3 is 0 Å². The molecule has 1 aromatic heterocycles. The number of carbonyl (C=O) groups is 1. The zero-order chi connectivity index (χ0) is 11.5. The smallest absolute Gasteiger partial charge is 0.295 e. The number of ketones is 1. The van der Waals surface area contributed by atoms with Crippen LogP contribution in [0.2, 0.25) is 0 Å². The van der Waals surface area contributed by atoms with E-state index in [1.807, 2.05) is 0 Å². The van der Waals surface area contributed by atoms with E-state index < -0.39 is 11.7 Å². The summed E-state index contributed by atoms with van der Waals surface area (Å²) in [6.07, 6.45) is -0.111. The Balaban J connectivity index is 3.13. The Kier molecular flexibility index (Phi) is 3.24. The van der Waals surface area contributed by atoms with Gasteiger partial charge in [-0.25, -0.2) is 0 Å². The van der Waals surface area contributed by atoms with E-state index in [0.29, 0.717) is 0 Å². The molecule has 0 bridgehead atoms. The van der Waals surface area contributed by atoms with Crippen molar-refractivity contribution >= 4 is 11.9 Å². The summed E-state index contributed by atoms with van der Waals surface area (Å²) >= 11 is 0. The molecule has 1 aromatic rings. The third-order valence-electron chi connectivity index (χ3n) is 1.65. The van der Waals surface area contributed by atoms with E-state index >= 15 is 0 Å². The molecule has 0 aliphatic carbocycles. The van der Waals surface area contributed by atoms with Crippen LogP contribution in [0, 0.1) is 0 Å². The van der Waals surface area contributed by atoms with Crippen molar-refractivity contribution in [1.82, 2.24) is 4.98 Å². The quantitative estimate of drug-likeness (QED) is 0.710. The predicted molar refractivity (Wildman–Crippen MR) is 49.0 cm³/mol. The summed E-state index contributed by atoms with van der Waals surface area (Å²) in [5, 5.41) is 0. The van der Waals surface area contributed by atoms with Crippen LogP contribution in [-0.4, -0.2) is 10.8 Å². The topological polar surface area (TPSA) is 30.0 Å². The number of hydrogen-bond donors (Lipinski definition) is 0. The van der Waals surface area contributed by atoms with Gasteiger partial charge >= 0.3 is 6.18 Å². The highest BCUT2D eigenvalue weighted by atomic mass is 19.4. The van der Waals surface area contributed by atoms with Gasteiger partial charge in [-0.05, 0) is 25.1 Å². The number of carbonyl (C=O) groups excluding carboxylic acids is 1. The number of pyridine rings is 1. The number of halogens is 3. The highest BCUT2D eigenvalue weighted by Gasteiger charge is 2.32. The number of hydrogen-bond acceptors (Lipinski definition) is 2. The molecule has 0 amide bonds. The van der Waals surface area contributed by atoms with E-state index in [-0.39, 0.29) is 11.3 Å². The summed E-state index contributed by atoms with van der Waals surface area (Å²) in [4.78, 5) is 14.2. The lowest BCUT2D eigenvalue weighted by molar-refractivity contribution is -0.137. The maximum atomic E-state index is 12.4. The van der Waals surface area contributed by atoms with Gasteiger partial charge in [-0.1, -0.05) is 0 Å². The Morgan fingerprint density at radius 1 is 1.47 bits per heavy atom. The van der Waals surface area contributed by atoms with Gasteiger partial charge in [0.15, 0.2) is 5.78 Å². The van der Waals surface area contributed by atoms with Crippen LogP contribution in [0.4, 0.5) is 13.2 Å². The summed E-state index contributed by atoms with van der Waals surface area (Å²) in [5.74, 6) is -0.313. The fourth-order valence-corrected chi connectivity index (χ4v) is 1.00. The summed E-state index contributed by atoms with van der Waals surface area (Å²) < 4.78 is 37.3. The molecule has 0 saturated carbocycles. The fourth-order valence-electron chi connectivity index (χ4n) is 1.00. The second-order valence-corrected chi connectivity index (χ2v) is 2.90. The molecule has 15 heavy (non-hydrogen) atoms. The lowest BCUT2D eigenvalue weighted by Gasteiger charge is -2.08. The Hall–Kier alpha value is -1.65. The van der Waals surface area contributed by atoms with Gasteiger partial charge in [0.1, 0.15) is 0 Å². The Labute approximate surface area is 84.4 Å². The normalized spacial score (nSPS) is 12.0. The van der Waals surface area contributed by atoms with Crippen LogP contribution in [0.1, 0.15) is 18.1 Å². The van der Waals surface area contributed by atoms with Crippen molar-refractivity contribution in [2.45, 2.75) is 13.1 Å². The van der Waals surface area contributed by atoms with Crippen LogP contribution < -0.4 is 0 Å². The van der Waals surface area contributed by atoms with E-state index in [0.717, 1.165) is 30.6 Å². The van der Waals surface area contributed by atoms with Gasteiger partial charge in [-0.3, -0.25) is 9.78 Å². The first-order chi connectivity index (χ1) is 6.91. The maximum Gasteiger partial charge on any atom is 0.417 e. The average Bonchev–Trinajstić information content (AvgIpc) is 2.13. The van der Waals surface area contributed by atoms with Gasteiger partial charge in [-0.2, -0.15) is 13.2 Å². The van der Waals surface area contributed by atoms with Crippen LogP contribution >= 0.6 is 0 Å². The molecule has 0 saturated heterocycles. The number of rotatable bonds is 2. The van der Waals surface area contributed by atoms with Crippen LogP contribution in [0.3, 0.4) is 0 Å². The average molecular weight is 215 g/mol. The van der Waals surface area contributed by atoms with E-state index in [2.05, 4.69) is 4.98 Å². The zero-order valence-corrected chi connectivity index (χ0v) is 7.88. The van der Waals surface area contributed by atoms with Crippen LogP contribution in [0.25, 0.3) is 6.08 Å². The first-order valence-corrected chi connectivity index (χ1v) is 4.11. The number of nitrogens with zero attached hydrogens (tertiary/aromatic N) is 1. The molecule has 2 nitrogen and oxygen atoms in total. The van der Waals surface area contributed by atoms with Gasteiger partial charge in [-0.15, -0.1) is 0 Å². The summed E-state index contributed by atoms with van der Waals surface area (Å²) in [6.45, 7) is 1.26. The summed E-state index contributed by atoms with van der Waals surface area (Å²) in [7, 11) is 0. The van der Waals surface area contributed by atoms with Crippen LogP contribution in [0.15, 0.2) is 24.5 Å². The van der Waals surface area contributed by atoms with Crippen molar-refractivity contribution in [1.29, 1.82) is 0 Å². The molecule has 0 spiro atoms. The lowest BCUT2D eigenvalue weighted by Crippen LogP contribution is -2.07. The Morgan fingerprint density at radius 3 is 2.67 bits per heavy atom. The van der Waals surface area contributed by atoms with Crippen molar-refractivity contribution < 1.29 is 18.0 Å². The molecule has 5 heteroatoms. The minimum atomic E-state index is -4.43. The lowest BCUT2D eigenvalue weighted by atomic mass is 10.1. The van der Waals surface area contributed by atoms with Crippen molar-refractivity contribution in [3.8, 4) is 0 Å². The number of aromatic nitrogens is 1. The second kappa shape index (κ2) is 4.25.